The van der Waals surface area contributed by atoms with E-state index in [1.165, 1.54) is 0 Å². The number of carbonyl (C=O) groups excluding carboxylic acids is 1. The summed E-state index contributed by atoms with van der Waals surface area (Å²) in [6.45, 7) is 2.80. The standard InChI is InChI=1S/C19H23N3O5/c1-13-3-4-16(26-2)15(11-13)22-8-5-14(21-22)18(25)20-19(12-17(23)24)6-9-27-10-7-19/h3-5,8,11H,6-7,9-10,12H2,1-2H3,(H,20,25)(H,23,24). The Labute approximate surface area is 157 Å². The van der Waals surface area contributed by atoms with Crippen LogP contribution in [0.2, 0.25) is 0 Å². The summed E-state index contributed by atoms with van der Waals surface area (Å²) in [6, 6.07) is 7.29. The Kier molecular flexibility index (Phi) is 5.46. The number of carbonyl (C=O) groups is 2. The van der Waals surface area contributed by atoms with Crippen molar-refractivity contribution in [2.45, 2.75) is 31.7 Å². The maximum absolute atomic E-state index is 12.7. The number of aryl methyl sites for hydroxylation is 1. The zero-order chi connectivity index (χ0) is 19.4. The Morgan fingerprint density at radius 1 is 1.33 bits per heavy atom. The van der Waals surface area contributed by atoms with Crippen LogP contribution in [0.4, 0.5) is 0 Å². The molecule has 144 valence electrons. The normalized spacial score (nSPS) is 15.9. The summed E-state index contributed by atoms with van der Waals surface area (Å²) in [5.74, 6) is -0.710. The molecule has 1 aromatic carbocycles. The van der Waals surface area contributed by atoms with Crippen molar-refractivity contribution in [3.8, 4) is 11.4 Å². The first kappa shape index (κ1) is 18.9. The highest BCUT2D eigenvalue weighted by Crippen LogP contribution is 2.26. The molecule has 1 saturated heterocycles. The highest BCUT2D eigenvalue weighted by molar-refractivity contribution is 5.93. The predicted molar refractivity (Wildman–Crippen MR) is 97.4 cm³/mol. The van der Waals surface area contributed by atoms with Gasteiger partial charge in [0.1, 0.15) is 11.4 Å². The Bertz CT molecular complexity index is 840. The summed E-state index contributed by atoms with van der Waals surface area (Å²) >= 11 is 0. The molecule has 1 aliphatic heterocycles. The number of nitrogens with one attached hydrogen (secondary N) is 1. The summed E-state index contributed by atoms with van der Waals surface area (Å²) in [5.41, 5.74) is 1.17. The SMILES string of the molecule is COc1ccc(C)cc1-n1ccc(C(=O)NC2(CC(=O)O)CCOCC2)n1. The highest BCUT2D eigenvalue weighted by Gasteiger charge is 2.37. The molecule has 0 atom stereocenters. The van der Waals surface area contributed by atoms with Gasteiger partial charge < -0.3 is 19.9 Å². The van der Waals surface area contributed by atoms with E-state index < -0.39 is 17.4 Å². The minimum Gasteiger partial charge on any atom is -0.494 e. The number of amides is 1. The second kappa shape index (κ2) is 7.79. The predicted octanol–water partition coefficient (Wildman–Crippen LogP) is 1.94. The third-order valence-corrected chi connectivity index (χ3v) is 4.72. The van der Waals surface area contributed by atoms with Crippen LogP contribution < -0.4 is 10.1 Å². The summed E-state index contributed by atoms with van der Waals surface area (Å²) in [4.78, 5) is 24.0. The van der Waals surface area contributed by atoms with Crippen molar-refractivity contribution < 1.29 is 24.2 Å². The van der Waals surface area contributed by atoms with Gasteiger partial charge in [0.25, 0.3) is 5.91 Å². The Balaban J connectivity index is 1.82. The van der Waals surface area contributed by atoms with Gasteiger partial charge in [0, 0.05) is 19.4 Å². The monoisotopic (exact) mass is 373 g/mol. The maximum atomic E-state index is 12.7. The number of nitrogens with zero attached hydrogens (tertiary/aromatic N) is 2. The van der Waals surface area contributed by atoms with Gasteiger partial charge in [0.15, 0.2) is 5.69 Å². The smallest absolute Gasteiger partial charge is 0.305 e. The van der Waals surface area contributed by atoms with Crippen LogP contribution in [-0.4, -0.2) is 52.6 Å². The first-order valence-electron chi connectivity index (χ1n) is 8.75. The molecule has 0 radical (unpaired) electrons. The number of carboxylic acids is 1. The lowest BCUT2D eigenvalue weighted by Crippen LogP contribution is -2.53. The van der Waals surface area contributed by atoms with Gasteiger partial charge >= 0.3 is 5.97 Å². The van der Waals surface area contributed by atoms with Gasteiger partial charge in [-0.3, -0.25) is 9.59 Å². The van der Waals surface area contributed by atoms with Crippen LogP contribution in [0, 0.1) is 6.92 Å². The van der Waals surface area contributed by atoms with Crippen molar-refractivity contribution in [2.75, 3.05) is 20.3 Å². The molecule has 1 fully saturated rings. The Morgan fingerprint density at radius 3 is 2.74 bits per heavy atom. The maximum Gasteiger partial charge on any atom is 0.305 e. The third kappa shape index (κ3) is 4.28. The van der Waals surface area contributed by atoms with Crippen LogP contribution in [0.3, 0.4) is 0 Å². The van der Waals surface area contributed by atoms with E-state index in [1.807, 2.05) is 25.1 Å². The molecule has 2 N–H and O–H groups in total. The van der Waals surface area contributed by atoms with E-state index in [0.29, 0.717) is 31.8 Å². The summed E-state index contributed by atoms with van der Waals surface area (Å²) in [7, 11) is 1.58. The van der Waals surface area contributed by atoms with E-state index in [4.69, 9.17) is 9.47 Å². The molecule has 3 rings (SSSR count). The number of rotatable bonds is 6. The first-order chi connectivity index (χ1) is 12.9. The van der Waals surface area contributed by atoms with Crippen LogP contribution in [-0.2, 0) is 9.53 Å². The highest BCUT2D eigenvalue weighted by atomic mass is 16.5. The molecule has 0 bridgehead atoms. The second-order valence-corrected chi connectivity index (χ2v) is 6.74. The topological polar surface area (TPSA) is 103 Å². The number of ether oxygens (including phenoxy) is 2. The average Bonchev–Trinajstić information content (AvgIpc) is 3.12. The average molecular weight is 373 g/mol. The fraction of sp³-hybridized carbons (Fsp3) is 0.421. The van der Waals surface area contributed by atoms with Crippen LogP contribution in [0.5, 0.6) is 5.75 Å². The summed E-state index contributed by atoms with van der Waals surface area (Å²) in [6.07, 6.45) is 2.45. The number of aromatic nitrogens is 2. The van der Waals surface area contributed by atoms with Gasteiger partial charge in [-0.1, -0.05) is 6.07 Å². The lowest BCUT2D eigenvalue weighted by atomic mass is 9.86. The van der Waals surface area contributed by atoms with E-state index in [2.05, 4.69) is 10.4 Å². The van der Waals surface area contributed by atoms with Crippen LogP contribution in [0.1, 0.15) is 35.3 Å². The third-order valence-electron chi connectivity index (χ3n) is 4.72. The van der Waals surface area contributed by atoms with Gasteiger partial charge in [0.2, 0.25) is 0 Å². The van der Waals surface area contributed by atoms with E-state index in [9.17, 15) is 14.7 Å². The number of hydrogen-bond acceptors (Lipinski definition) is 5. The molecule has 1 amide bonds. The summed E-state index contributed by atoms with van der Waals surface area (Å²) in [5, 5.41) is 16.5. The zero-order valence-electron chi connectivity index (χ0n) is 15.4. The van der Waals surface area contributed by atoms with Crippen LogP contribution >= 0.6 is 0 Å². The van der Waals surface area contributed by atoms with Crippen molar-refractivity contribution in [3.63, 3.8) is 0 Å². The quantitative estimate of drug-likeness (QED) is 0.802. The molecule has 2 aromatic rings. The number of aliphatic carboxylic acids is 1. The van der Waals surface area contributed by atoms with Gasteiger partial charge in [-0.25, -0.2) is 4.68 Å². The molecule has 8 heteroatoms. The molecule has 2 heterocycles. The van der Waals surface area contributed by atoms with E-state index in [-0.39, 0.29) is 12.1 Å². The number of hydrogen-bond donors (Lipinski definition) is 2. The van der Waals surface area contributed by atoms with Gasteiger partial charge in [0.05, 0.1) is 19.1 Å². The first-order valence-corrected chi connectivity index (χ1v) is 8.75. The number of benzene rings is 1. The van der Waals surface area contributed by atoms with Gasteiger partial charge in [-0.2, -0.15) is 5.10 Å². The Morgan fingerprint density at radius 2 is 2.07 bits per heavy atom. The van der Waals surface area contributed by atoms with Crippen molar-refractivity contribution in [1.29, 1.82) is 0 Å². The van der Waals surface area contributed by atoms with Crippen LogP contribution in [0.25, 0.3) is 5.69 Å². The fourth-order valence-electron chi connectivity index (χ4n) is 3.26. The van der Waals surface area contributed by atoms with Crippen molar-refractivity contribution >= 4 is 11.9 Å². The molecule has 27 heavy (non-hydrogen) atoms. The second-order valence-electron chi connectivity index (χ2n) is 6.74. The summed E-state index contributed by atoms with van der Waals surface area (Å²) < 4.78 is 12.3. The van der Waals surface area contributed by atoms with E-state index in [0.717, 1.165) is 11.3 Å². The molecular weight excluding hydrogens is 350 g/mol. The molecule has 8 nitrogen and oxygen atoms in total. The largest absolute Gasteiger partial charge is 0.494 e. The van der Waals surface area contributed by atoms with Gasteiger partial charge in [-0.15, -0.1) is 0 Å². The minimum atomic E-state index is -0.952. The van der Waals surface area contributed by atoms with E-state index in [1.54, 1.807) is 24.1 Å². The van der Waals surface area contributed by atoms with E-state index >= 15 is 0 Å². The number of carboxylic acid groups (broad SMARTS) is 1. The van der Waals surface area contributed by atoms with Crippen molar-refractivity contribution in [1.82, 2.24) is 15.1 Å². The molecule has 0 saturated carbocycles. The molecule has 0 unspecified atom stereocenters. The minimum absolute atomic E-state index is 0.144. The molecular formula is C19H23N3O5. The molecule has 0 spiro atoms. The number of methoxy groups -OCH3 is 1. The van der Waals surface area contributed by atoms with Gasteiger partial charge in [-0.05, 0) is 43.5 Å². The van der Waals surface area contributed by atoms with Crippen LogP contribution in [0.15, 0.2) is 30.5 Å². The molecule has 1 aromatic heterocycles. The molecule has 1 aliphatic rings. The van der Waals surface area contributed by atoms with Crippen molar-refractivity contribution in [2.24, 2.45) is 0 Å². The lowest BCUT2D eigenvalue weighted by molar-refractivity contribution is -0.139. The zero-order valence-corrected chi connectivity index (χ0v) is 15.4. The Hall–Kier alpha value is -2.87. The lowest BCUT2D eigenvalue weighted by Gasteiger charge is -2.36. The van der Waals surface area contributed by atoms with Crippen molar-refractivity contribution in [3.05, 3.63) is 41.7 Å². The molecule has 0 aliphatic carbocycles. The fourth-order valence-corrected chi connectivity index (χ4v) is 3.26.